The van der Waals surface area contributed by atoms with Gasteiger partial charge in [-0.05, 0) is 57.2 Å². The zero-order valence-electron chi connectivity index (χ0n) is 17.7. The molecule has 1 saturated carbocycles. The van der Waals surface area contributed by atoms with Crippen molar-refractivity contribution in [1.82, 2.24) is 19.5 Å². The molecule has 2 heterocycles. The van der Waals surface area contributed by atoms with E-state index in [4.69, 9.17) is 9.47 Å². The topological polar surface area (TPSA) is 96.2 Å². The molecule has 0 spiro atoms. The Bertz CT molecular complexity index is 1200. The standard InChI is InChI=1S/C21H26N4O4S/c1-13-19-20(24-21(22-13)30(4,26)27)25(14(2)23-19)12-15-9-10-17(28-3)18(11-15)29-16-7-5-6-8-16/h9-11,16H,5-8,12H2,1-4H3. The quantitative estimate of drug-likeness (QED) is 0.554. The van der Waals surface area contributed by atoms with Crippen LogP contribution in [-0.2, 0) is 16.4 Å². The van der Waals surface area contributed by atoms with Gasteiger partial charge in [0.05, 0.1) is 25.5 Å². The maximum Gasteiger partial charge on any atom is 0.249 e. The fraction of sp³-hybridized carbons (Fsp3) is 0.476. The van der Waals surface area contributed by atoms with E-state index >= 15 is 0 Å². The zero-order valence-corrected chi connectivity index (χ0v) is 18.5. The Morgan fingerprint density at radius 3 is 2.50 bits per heavy atom. The van der Waals surface area contributed by atoms with Crippen molar-refractivity contribution in [1.29, 1.82) is 0 Å². The van der Waals surface area contributed by atoms with E-state index in [1.807, 2.05) is 29.7 Å². The summed E-state index contributed by atoms with van der Waals surface area (Å²) in [5, 5.41) is -0.186. The molecule has 1 aromatic carbocycles. The van der Waals surface area contributed by atoms with Gasteiger partial charge in [0.2, 0.25) is 15.0 Å². The van der Waals surface area contributed by atoms with Gasteiger partial charge < -0.3 is 14.0 Å². The molecule has 30 heavy (non-hydrogen) atoms. The lowest BCUT2D eigenvalue weighted by molar-refractivity contribution is 0.200. The van der Waals surface area contributed by atoms with E-state index in [0.717, 1.165) is 36.2 Å². The van der Waals surface area contributed by atoms with Crippen LogP contribution in [0.2, 0.25) is 0 Å². The van der Waals surface area contributed by atoms with Crippen molar-refractivity contribution in [3.63, 3.8) is 0 Å². The third kappa shape index (κ3) is 3.98. The summed E-state index contributed by atoms with van der Waals surface area (Å²) in [7, 11) is -1.89. The minimum atomic E-state index is -3.53. The molecule has 0 atom stereocenters. The Hall–Kier alpha value is -2.68. The lowest BCUT2D eigenvalue weighted by atomic mass is 10.2. The average molecular weight is 431 g/mol. The van der Waals surface area contributed by atoms with E-state index in [9.17, 15) is 8.42 Å². The molecule has 160 valence electrons. The molecule has 0 N–H and O–H groups in total. The second kappa shape index (κ2) is 7.86. The first-order chi connectivity index (χ1) is 14.3. The first kappa shape index (κ1) is 20.6. The van der Waals surface area contributed by atoms with E-state index in [-0.39, 0.29) is 11.3 Å². The average Bonchev–Trinajstić information content (AvgIpc) is 3.30. The Morgan fingerprint density at radius 2 is 1.83 bits per heavy atom. The Labute approximate surface area is 176 Å². The van der Waals surface area contributed by atoms with Gasteiger partial charge in [0.25, 0.3) is 0 Å². The molecule has 1 aliphatic rings. The number of imidazole rings is 1. The Kier molecular flexibility index (Phi) is 5.40. The summed E-state index contributed by atoms with van der Waals surface area (Å²) >= 11 is 0. The van der Waals surface area contributed by atoms with Gasteiger partial charge in [-0.1, -0.05) is 6.07 Å². The van der Waals surface area contributed by atoms with Gasteiger partial charge in [-0.2, -0.15) is 4.98 Å². The van der Waals surface area contributed by atoms with Crippen molar-refractivity contribution in [3.05, 3.63) is 35.3 Å². The minimum absolute atomic E-state index is 0.186. The fourth-order valence-corrected chi connectivity index (χ4v) is 4.41. The van der Waals surface area contributed by atoms with E-state index < -0.39 is 9.84 Å². The summed E-state index contributed by atoms with van der Waals surface area (Å²) in [5.74, 6) is 2.17. The van der Waals surface area contributed by atoms with Gasteiger partial charge in [-0.25, -0.2) is 18.4 Å². The van der Waals surface area contributed by atoms with Gasteiger partial charge in [0, 0.05) is 6.26 Å². The molecule has 0 radical (unpaired) electrons. The molecule has 0 bridgehead atoms. The molecule has 9 heteroatoms. The van der Waals surface area contributed by atoms with Crippen LogP contribution in [0, 0.1) is 13.8 Å². The lowest BCUT2D eigenvalue weighted by Crippen LogP contribution is -2.12. The smallest absolute Gasteiger partial charge is 0.249 e. The van der Waals surface area contributed by atoms with Crippen LogP contribution < -0.4 is 9.47 Å². The van der Waals surface area contributed by atoms with Gasteiger partial charge in [0.1, 0.15) is 11.3 Å². The highest BCUT2D eigenvalue weighted by atomic mass is 32.2. The summed E-state index contributed by atoms with van der Waals surface area (Å²) in [4.78, 5) is 13.0. The van der Waals surface area contributed by atoms with E-state index in [1.54, 1.807) is 14.0 Å². The maximum atomic E-state index is 12.0. The zero-order chi connectivity index (χ0) is 21.5. The lowest BCUT2D eigenvalue weighted by Gasteiger charge is -2.17. The Balaban J connectivity index is 1.73. The molecule has 2 aromatic heterocycles. The highest BCUT2D eigenvalue weighted by molar-refractivity contribution is 7.90. The van der Waals surface area contributed by atoms with Crippen molar-refractivity contribution in [2.45, 2.75) is 57.3 Å². The molecular formula is C21H26N4O4S. The summed E-state index contributed by atoms with van der Waals surface area (Å²) in [5.41, 5.74) is 2.65. The van der Waals surface area contributed by atoms with Crippen LogP contribution in [0.15, 0.2) is 23.4 Å². The van der Waals surface area contributed by atoms with Crippen LogP contribution in [0.4, 0.5) is 0 Å². The van der Waals surface area contributed by atoms with Crippen LogP contribution in [0.25, 0.3) is 11.2 Å². The number of hydrogen-bond acceptors (Lipinski definition) is 7. The fourth-order valence-electron chi connectivity index (χ4n) is 3.86. The molecule has 8 nitrogen and oxygen atoms in total. The van der Waals surface area contributed by atoms with Gasteiger partial charge >= 0.3 is 0 Å². The van der Waals surface area contributed by atoms with E-state index in [2.05, 4.69) is 15.0 Å². The minimum Gasteiger partial charge on any atom is -0.493 e. The molecule has 1 aliphatic carbocycles. The van der Waals surface area contributed by atoms with Crippen LogP contribution >= 0.6 is 0 Å². The third-order valence-corrected chi connectivity index (χ3v) is 6.28. The van der Waals surface area contributed by atoms with Crippen LogP contribution in [-0.4, -0.2) is 47.4 Å². The maximum absolute atomic E-state index is 12.0. The Morgan fingerprint density at radius 1 is 1.10 bits per heavy atom. The number of aryl methyl sites for hydroxylation is 2. The summed E-state index contributed by atoms with van der Waals surface area (Å²) < 4.78 is 37.6. The number of rotatable bonds is 6. The molecule has 0 aliphatic heterocycles. The molecule has 0 amide bonds. The molecule has 0 saturated heterocycles. The molecule has 1 fully saturated rings. The number of fused-ring (bicyclic) bond motifs is 1. The number of aromatic nitrogens is 4. The van der Waals surface area contributed by atoms with E-state index in [0.29, 0.717) is 29.2 Å². The predicted octanol–water partition coefficient (Wildman–Crippen LogP) is 3.22. The van der Waals surface area contributed by atoms with Crippen molar-refractivity contribution >= 4 is 21.0 Å². The predicted molar refractivity (Wildman–Crippen MR) is 113 cm³/mol. The van der Waals surface area contributed by atoms with Crippen molar-refractivity contribution in [2.75, 3.05) is 13.4 Å². The number of methoxy groups -OCH3 is 1. The molecule has 0 unspecified atom stereocenters. The molecule has 4 rings (SSSR count). The first-order valence-corrected chi connectivity index (χ1v) is 11.9. The monoisotopic (exact) mass is 430 g/mol. The second-order valence-corrected chi connectivity index (χ2v) is 9.70. The SMILES string of the molecule is COc1ccc(Cn2c(C)nc3c(C)nc(S(C)(=O)=O)nc32)cc1OC1CCCC1. The highest BCUT2D eigenvalue weighted by Crippen LogP contribution is 2.33. The van der Waals surface area contributed by atoms with Crippen LogP contribution in [0.1, 0.15) is 42.8 Å². The summed E-state index contributed by atoms with van der Waals surface area (Å²) in [6, 6.07) is 5.85. The first-order valence-electron chi connectivity index (χ1n) is 10.0. The number of benzene rings is 1. The summed E-state index contributed by atoms with van der Waals surface area (Å²) in [6.07, 6.45) is 5.82. The van der Waals surface area contributed by atoms with Gasteiger partial charge in [-0.15, -0.1) is 0 Å². The van der Waals surface area contributed by atoms with Crippen molar-refractivity contribution in [2.24, 2.45) is 0 Å². The normalized spacial score (nSPS) is 15.1. The van der Waals surface area contributed by atoms with Gasteiger partial charge in [-0.3, -0.25) is 0 Å². The number of sulfone groups is 1. The van der Waals surface area contributed by atoms with Crippen LogP contribution in [0.5, 0.6) is 11.5 Å². The summed E-state index contributed by atoms with van der Waals surface area (Å²) in [6.45, 7) is 4.10. The molecular weight excluding hydrogens is 404 g/mol. The molecule has 3 aromatic rings. The largest absolute Gasteiger partial charge is 0.493 e. The van der Waals surface area contributed by atoms with Crippen molar-refractivity contribution in [3.8, 4) is 11.5 Å². The third-order valence-electron chi connectivity index (χ3n) is 5.44. The number of nitrogens with zero attached hydrogens (tertiary/aromatic N) is 4. The van der Waals surface area contributed by atoms with Gasteiger partial charge in [0.15, 0.2) is 17.1 Å². The van der Waals surface area contributed by atoms with Crippen LogP contribution in [0.3, 0.4) is 0 Å². The number of ether oxygens (including phenoxy) is 2. The number of hydrogen-bond donors (Lipinski definition) is 0. The van der Waals surface area contributed by atoms with Crippen molar-refractivity contribution < 1.29 is 17.9 Å². The second-order valence-electron chi connectivity index (χ2n) is 7.79. The van der Waals surface area contributed by atoms with E-state index in [1.165, 1.54) is 12.8 Å². The highest BCUT2D eigenvalue weighted by Gasteiger charge is 2.21.